The second-order valence-electron chi connectivity index (χ2n) is 6.91. The average molecular weight is 681 g/mol. The van der Waals surface area contributed by atoms with Crippen LogP contribution in [-0.4, -0.2) is 0 Å². The van der Waals surface area contributed by atoms with Crippen molar-refractivity contribution in [1.29, 1.82) is 0 Å². The maximum Gasteiger partial charge on any atom is 0.00886 e. The average Bonchev–Trinajstić information content (AvgIpc) is 3.74. The van der Waals surface area contributed by atoms with E-state index in [4.69, 9.17) is 0 Å². The van der Waals surface area contributed by atoms with E-state index in [1.165, 1.54) is 44.9 Å². The van der Waals surface area contributed by atoms with Gasteiger partial charge in [0.05, 0.1) is 0 Å². The fourth-order valence-corrected chi connectivity index (χ4v) is 2.46. The van der Waals surface area contributed by atoms with E-state index in [1.807, 2.05) is 0 Å². The van der Waals surface area contributed by atoms with Crippen molar-refractivity contribution >= 4 is 0 Å². The minimum Gasteiger partial charge on any atom is -0.999 e. The summed E-state index contributed by atoms with van der Waals surface area (Å²) in [6, 6.07) is 48.0. The number of hydrogen-bond donors (Lipinski definition) is 0. The Bertz CT molecular complexity index is 728. The van der Waals surface area contributed by atoms with Gasteiger partial charge in [-0.2, -0.15) is 0 Å². The predicted molar refractivity (Wildman–Crippen MR) is 136 cm³/mol. The Hall–Kier alpha value is -1.51. The van der Waals surface area contributed by atoms with Crippen LogP contribution in [0.4, 0.5) is 0 Å². The van der Waals surface area contributed by atoms with Crippen LogP contribution in [0.15, 0.2) is 24.3 Å². The summed E-state index contributed by atoms with van der Waals surface area (Å²) >= 11 is 0. The monoisotopic (exact) mass is 678 g/mol. The van der Waals surface area contributed by atoms with Crippen LogP contribution < -0.4 is 0 Å². The van der Waals surface area contributed by atoms with Crippen LogP contribution in [0, 0.1) is 121 Å². The maximum atomic E-state index is 3.27. The van der Waals surface area contributed by atoms with Crippen LogP contribution in [0.25, 0.3) is 0 Å². The molecule has 4 aromatic rings. The van der Waals surface area contributed by atoms with E-state index in [0.717, 1.165) is 25.7 Å². The molecule has 0 saturated heterocycles. The Morgan fingerprint density at radius 3 is 0.615 bits per heavy atom. The normalized spacial score (nSPS) is 11.7. The van der Waals surface area contributed by atoms with Gasteiger partial charge in [-0.25, -0.2) is 0 Å². The molecule has 0 atom stereocenters. The van der Waals surface area contributed by atoms with Crippen molar-refractivity contribution in [2.75, 3.05) is 0 Å². The van der Waals surface area contributed by atoms with E-state index in [-0.39, 0.29) is 66.0 Å². The van der Waals surface area contributed by atoms with Crippen molar-refractivity contribution in [3.05, 3.63) is 121 Å². The molecule has 0 heterocycles. The van der Waals surface area contributed by atoms with Gasteiger partial charge in [-0.15, -0.1) is 23.7 Å². The molecule has 0 unspecified atom stereocenters. The van der Waals surface area contributed by atoms with Gasteiger partial charge in [0.2, 0.25) is 0 Å². The first-order chi connectivity index (χ1) is 17.5. The van der Waals surface area contributed by atoms with Gasteiger partial charge in [0, 0.05) is 91.6 Å². The standard InChI is InChI=1S/C15H22.4C5H.4Ni/c1-2-4-6-8-10-12-14-15-13-11-9-7-5-3-1;4*1-2-4-5-3-1;;;;/h1-6,11-15H2;4*1H;;;;/q;4*-5;;;;. The molecule has 1 aliphatic rings. The summed E-state index contributed by atoms with van der Waals surface area (Å²) in [5.41, 5.74) is 0. The van der Waals surface area contributed by atoms with Crippen molar-refractivity contribution in [2.45, 2.75) is 70.6 Å². The van der Waals surface area contributed by atoms with Gasteiger partial charge >= 0.3 is 0 Å². The molecule has 0 bridgehead atoms. The zero-order valence-electron chi connectivity index (χ0n) is 21.4. The Morgan fingerprint density at radius 2 is 0.462 bits per heavy atom. The third-order valence-corrected chi connectivity index (χ3v) is 4.11. The van der Waals surface area contributed by atoms with Crippen LogP contribution in [0.1, 0.15) is 70.6 Å². The van der Waals surface area contributed by atoms with Crippen molar-refractivity contribution in [3.8, 4) is 23.7 Å². The van der Waals surface area contributed by atoms with Crippen LogP contribution in [0.3, 0.4) is 0 Å². The van der Waals surface area contributed by atoms with Gasteiger partial charge in [0.1, 0.15) is 0 Å². The van der Waals surface area contributed by atoms with E-state index in [0.29, 0.717) is 0 Å². The van der Waals surface area contributed by atoms with Crippen LogP contribution >= 0.6 is 0 Å². The minimum absolute atomic E-state index is 0. The van der Waals surface area contributed by atoms with Gasteiger partial charge in [-0.05, 0) is 25.7 Å². The first-order valence-electron chi connectivity index (χ1n) is 11.7. The van der Waals surface area contributed by atoms with E-state index < -0.39 is 0 Å². The van der Waals surface area contributed by atoms with Crippen LogP contribution in [0.5, 0.6) is 0 Å². The second-order valence-corrected chi connectivity index (χ2v) is 6.91. The molecule has 39 heavy (non-hydrogen) atoms. The van der Waals surface area contributed by atoms with Crippen molar-refractivity contribution in [1.82, 2.24) is 0 Å². The smallest absolute Gasteiger partial charge is 0.00886 e. The van der Waals surface area contributed by atoms with Gasteiger partial charge in [0.15, 0.2) is 0 Å². The Morgan fingerprint density at radius 1 is 0.282 bits per heavy atom. The molecule has 0 radical (unpaired) electrons. The first-order valence-corrected chi connectivity index (χ1v) is 11.7. The molecular weight excluding hydrogens is 655 g/mol. The molecule has 5 rings (SSSR count). The maximum absolute atomic E-state index is 3.27. The molecule has 1 aliphatic carbocycles. The molecule has 4 aromatic carbocycles. The molecule has 226 valence electrons. The predicted octanol–water partition coefficient (Wildman–Crippen LogP) is 6.71. The van der Waals surface area contributed by atoms with Gasteiger partial charge in [-0.3, -0.25) is 0 Å². The molecule has 0 fully saturated rings. The van der Waals surface area contributed by atoms with E-state index >= 15 is 0 Å². The van der Waals surface area contributed by atoms with Gasteiger partial charge in [-0.1, -0.05) is 19.3 Å². The zero-order valence-corrected chi connectivity index (χ0v) is 25.3. The summed E-state index contributed by atoms with van der Waals surface area (Å²) in [7, 11) is 0. The number of rotatable bonds is 0. The molecule has 0 nitrogen and oxygen atoms in total. The first kappa shape index (κ1) is 44.5. The van der Waals surface area contributed by atoms with Gasteiger partial charge < -0.3 is 121 Å². The Balaban J connectivity index is -0.000000212. The number of hydrogen-bond acceptors (Lipinski definition) is 0. The summed E-state index contributed by atoms with van der Waals surface area (Å²) in [5.74, 6) is 13.1. The summed E-state index contributed by atoms with van der Waals surface area (Å²) in [4.78, 5) is 0. The Kier molecular flexibility index (Phi) is 46.8. The minimum atomic E-state index is 0. The quantitative estimate of drug-likeness (QED) is 0.110. The second kappa shape index (κ2) is 41.0. The van der Waals surface area contributed by atoms with E-state index in [2.05, 4.69) is 121 Å². The molecule has 4 heteroatoms. The van der Waals surface area contributed by atoms with Crippen molar-refractivity contribution < 1.29 is 66.0 Å². The molecule has 0 aromatic heterocycles. The fourth-order valence-electron chi connectivity index (χ4n) is 2.46. The topological polar surface area (TPSA) is 0 Å². The van der Waals surface area contributed by atoms with Crippen molar-refractivity contribution in [2.24, 2.45) is 0 Å². The molecule has 0 N–H and O–H groups in total. The van der Waals surface area contributed by atoms with Crippen LogP contribution in [0.2, 0.25) is 0 Å². The molecule has 0 aliphatic heterocycles. The summed E-state index contributed by atoms with van der Waals surface area (Å²) in [5, 5.41) is 0. The summed E-state index contributed by atoms with van der Waals surface area (Å²) < 4.78 is 0. The SMILES string of the molecule is C1#CCCCCCCC#CCCCCC1.[Ni].[Ni].[Ni].[Ni].[c-]1[c-][c-][cH-][c-]1.[c-]1[c-][c-][cH-][c-]1.[c-]1[c-][c-][cH-][c-]1.[c-]1[c-][c-][cH-][c-]1. The third kappa shape index (κ3) is 38.7. The molecule has 0 spiro atoms. The van der Waals surface area contributed by atoms with Crippen LogP contribution in [-0.2, 0) is 66.0 Å². The molecule has 0 saturated carbocycles. The molecular formula is C35H26Ni4-20. The molecule has 0 amide bonds. The zero-order chi connectivity index (χ0) is 24.7. The largest absolute Gasteiger partial charge is 0.999 e. The van der Waals surface area contributed by atoms with E-state index in [9.17, 15) is 0 Å². The summed E-state index contributed by atoms with van der Waals surface area (Å²) in [6.45, 7) is 0. The van der Waals surface area contributed by atoms with E-state index in [1.54, 1.807) is 24.3 Å². The van der Waals surface area contributed by atoms with Gasteiger partial charge in [0.25, 0.3) is 0 Å². The summed E-state index contributed by atoms with van der Waals surface area (Å²) in [6.07, 6.45) is 13.4. The van der Waals surface area contributed by atoms with Crippen molar-refractivity contribution in [3.63, 3.8) is 0 Å². The third-order valence-electron chi connectivity index (χ3n) is 4.11. The Labute approximate surface area is 279 Å². The fraction of sp³-hybridized carbons (Fsp3) is 0.314.